The lowest BCUT2D eigenvalue weighted by atomic mass is 9.99. The van der Waals surface area contributed by atoms with E-state index >= 15 is 0 Å². The molecule has 1 N–H and O–H groups in total. The molecule has 6 nitrogen and oxygen atoms in total. The number of aryl methyl sites for hydroxylation is 1. The summed E-state index contributed by atoms with van der Waals surface area (Å²) in [5.74, 6) is 0.118. The molecule has 3 amide bonds. The molecule has 1 aromatic rings. The predicted molar refractivity (Wildman–Crippen MR) is 99.0 cm³/mol. The summed E-state index contributed by atoms with van der Waals surface area (Å²) in [4.78, 5) is 29.1. The first-order valence-corrected chi connectivity index (χ1v) is 9.73. The van der Waals surface area contributed by atoms with Crippen LogP contribution in [0.1, 0.15) is 31.7 Å². The highest BCUT2D eigenvalue weighted by Crippen LogP contribution is 2.34. The number of carbonyl (C=O) groups is 2. The third-order valence-electron chi connectivity index (χ3n) is 5.79. The third-order valence-corrected chi connectivity index (χ3v) is 5.79. The topological polar surface area (TPSA) is 61.9 Å². The molecule has 3 aliphatic heterocycles. The number of hydrogen-bond donors (Lipinski definition) is 1. The molecule has 1 aromatic carbocycles. The zero-order valence-electron chi connectivity index (χ0n) is 15.3. The minimum absolute atomic E-state index is 0.0291. The molecule has 6 heteroatoms. The second-order valence-corrected chi connectivity index (χ2v) is 7.56. The van der Waals surface area contributed by atoms with Gasteiger partial charge in [0.2, 0.25) is 5.91 Å². The summed E-state index contributed by atoms with van der Waals surface area (Å²) < 4.78 is 5.98. The highest BCUT2D eigenvalue weighted by Gasteiger charge is 2.47. The van der Waals surface area contributed by atoms with Gasteiger partial charge in [0.1, 0.15) is 0 Å². The molecule has 3 aliphatic rings. The third kappa shape index (κ3) is 3.43. The first kappa shape index (κ1) is 17.3. The highest BCUT2D eigenvalue weighted by molar-refractivity contribution is 5.89. The van der Waals surface area contributed by atoms with Crippen molar-refractivity contribution >= 4 is 17.6 Å². The average Bonchev–Trinajstić information content (AvgIpc) is 3.29. The Labute approximate surface area is 154 Å². The zero-order chi connectivity index (χ0) is 18.1. The van der Waals surface area contributed by atoms with E-state index in [4.69, 9.17) is 4.74 Å². The molecular formula is C20H27N3O3. The van der Waals surface area contributed by atoms with Gasteiger partial charge in [-0.25, -0.2) is 4.79 Å². The maximum Gasteiger partial charge on any atom is 0.322 e. The quantitative estimate of drug-likeness (QED) is 0.904. The largest absolute Gasteiger partial charge is 0.370 e. The molecule has 140 valence electrons. The van der Waals surface area contributed by atoms with Crippen molar-refractivity contribution in [3.05, 3.63) is 29.8 Å². The zero-order valence-corrected chi connectivity index (χ0v) is 15.3. The van der Waals surface area contributed by atoms with E-state index in [2.05, 4.69) is 12.2 Å². The van der Waals surface area contributed by atoms with E-state index in [1.54, 1.807) is 4.90 Å². The Balaban J connectivity index is 1.37. The molecule has 3 saturated heterocycles. The van der Waals surface area contributed by atoms with Crippen LogP contribution in [0.2, 0.25) is 0 Å². The number of anilines is 1. The second-order valence-electron chi connectivity index (χ2n) is 7.56. The molecule has 3 heterocycles. The lowest BCUT2D eigenvalue weighted by molar-refractivity contribution is -0.137. The van der Waals surface area contributed by atoms with Gasteiger partial charge in [-0.1, -0.05) is 19.1 Å². The van der Waals surface area contributed by atoms with E-state index in [1.165, 1.54) is 5.56 Å². The smallest absolute Gasteiger partial charge is 0.322 e. The minimum atomic E-state index is -0.171. The number of hydrogen-bond acceptors (Lipinski definition) is 3. The summed E-state index contributed by atoms with van der Waals surface area (Å²) in [5, 5.41) is 2.97. The van der Waals surface area contributed by atoms with Gasteiger partial charge in [-0.2, -0.15) is 0 Å². The van der Waals surface area contributed by atoms with Gasteiger partial charge in [0.25, 0.3) is 0 Å². The van der Waals surface area contributed by atoms with Crippen LogP contribution in [0, 0.1) is 5.92 Å². The standard InChI is InChI=1S/C20H27N3O3/c1-2-14-5-7-15(8-6-14)21-20(25)23-12-16-11-17(18(13-23)26-16)19(24)22-9-3-4-10-22/h5-8,16-18H,2-4,9-13H2,1H3,(H,21,25)/t16-,17+,18-/m0/s1. The van der Waals surface area contributed by atoms with E-state index in [-0.39, 0.29) is 30.1 Å². The summed E-state index contributed by atoms with van der Waals surface area (Å²) in [7, 11) is 0. The van der Waals surface area contributed by atoms with Gasteiger partial charge < -0.3 is 19.9 Å². The normalized spacial score (nSPS) is 27.7. The average molecular weight is 357 g/mol. The van der Waals surface area contributed by atoms with Crippen LogP contribution in [0.5, 0.6) is 0 Å². The molecule has 0 saturated carbocycles. The molecule has 4 rings (SSSR count). The van der Waals surface area contributed by atoms with Gasteiger partial charge in [0.05, 0.1) is 18.1 Å². The molecule has 3 fully saturated rings. The van der Waals surface area contributed by atoms with E-state index in [9.17, 15) is 9.59 Å². The molecule has 3 atom stereocenters. The summed E-state index contributed by atoms with van der Waals surface area (Å²) >= 11 is 0. The Morgan fingerprint density at radius 1 is 1.12 bits per heavy atom. The van der Waals surface area contributed by atoms with Crippen molar-refractivity contribution < 1.29 is 14.3 Å². The van der Waals surface area contributed by atoms with Crippen molar-refractivity contribution in [1.82, 2.24) is 9.80 Å². The van der Waals surface area contributed by atoms with Gasteiger partial charge in [0, 0.05) is 31.9 Å². The number of amides is 3. The van der Waals surface area contributed by atoms with Crippen molar-refractivity contribution in [1.29, 1.82) is 0 Å². The summed E-state index contributed by atoms with van der Waals surface area (Å²) in [6.45, 7) is 4.88. The maximum atomic E-state index is 12.7. The van der Waals surface area contributed by atoms with Crippen LogP contribution in [-0.2, 0) is 16.0 Å². The Hall–Kier alpha value is -2.08. The van der Waals surface area contributed by atoms with E-state index in [1.807, 2.05) is 29.2 Å². The fourth-order valence-electron chi connectivity index (χ4n) is 4.28. The van der Waals surface area contributed by atoms with Crippen LogP contribution >= 0.6 is 0 Å². The molecular weight excluding hydrogens is 330 g/mol. The van der Waals surface area contributed by atoms with E-state index < -0.39 is 0 Å². The van der Waals surface area contributed by atoms with Crippen molar-refractivity contribution in [3.8, 4) is 0 Å². The number of rotatable bonds is 3. The van der Waals surface area contributed by atoms with Crippen molar-refractivity contribution in [3.63, 3.8) is 0 Å². The van der Waals surface area contributed by atoms with Gasteiger partial charge in [-0.05, 0) is 43.4 Å². The predicted octanol–water partition coefficient (Wildman–Crippen LogP) is 2.49. The first-order valence-electron chi connectivity index (χ1n) is 9.73. The number of nitrogens with one attached hydrogen (secondary N) is 1. The van der Waals surface area contributed by atoms with Crippen molar-refractivity contribution in [2.75, 3.05) is 31.5 Å². The highest BCUT2D eigenvalue weighted by atomic mass is 16.5. The van der Waals surface area contributed by atoms with E-state index in [0.717, 1.165) is 44.5 Å². The lowest BCUT2D eigenvalue weighted by Gasteiger charge is -2.33. The Morgan fingerprint density at radius 2 is 1.85 bits per heavy atom. The number of fused-ring (bicyclic) bond motifs is 2. The number of urea groups is 1. The number of likely N-dealkylation sites (tertiary alicyclic amines) is 2. The van der Waals surface area contributed by atoms with Gasteiger partial charge >= 0.3 is 6.03 Å². The van der Waals surface area contributed by atoms with Crippen molar-refractivity contribution in [2.24, 2.45) is 5.92 Å². The lowest BCUT2D eigenvalue weighted by Crippen LogP contribution is -2.49. The Bertz CT molecular complexity index is 669. The molecule has 0 aromatic heterocycles. The van der Waals surface area contributed by atoms with Crippen LogP contribution in [0.4, 0.5) is 10.5 Å². The van der Waals surface area contributed by atoms with Crippen LogP contribution < -0.4 is 5.32 Å². The van der Waals surface area contributed by atoms with Gasteiger partial charge in [0.15, 0.2) is 0 Å². The molecule has 2 bridgehead atoms. The molecule has 0 spiro atoms. The molecule has 26 heavy (non-hydrogen) atoms. The number of ether oxygens (including phenoxy) is 1. The molecule has 0 unspecified atom stereocenters. The minimum Gasteiger partial charge on any atom is -0.370 e. The monoisotopic (exact) mass is 357 g/mol. The van der Waals surface area contributed by atoms with Gasteiger partial charge in [-0.3, -0.25) is 4.79 Å². The second kappa shape index (κ2) is 7.27. The number of morpholine rings is 1. The number of carbonyl (C=O) groups excluding carboxylic acids is 2. The van der Waals surface area contributed by atoms with Crippen LogP contribution in [0.3, 0.4) is 0 Å². The van der Waals surface area contributed by atoms with E-state index in [0.29, 0.717) is 13.1 Å². The number of nitrogens with zero attached hydrogens (tertiary/aromatic N) is 2. The van der Waals surface area contributed by atoms with Crippen LogP contribution in [0.15, 0.2) is 24.3 Å². The summed E-state index contributed by atoms with van der Waals surface area (Å²) in [6, 6.07) is 7.82. The fraction of sp³-hybridized carbons (Fsp3) is 0.600. The molecule has 0 aliphatic carbocycles. The maximum absolute atomic E-state index is 12.7. The van der Waals surface area contributed by atoms with Gasteiger partial charge in [-0.15, -0.1) is 0 Å². The molecule has 0 radical (unpaired) electrons. The van der Waals surface area contributed by atoms with Crippen molar-refractivity contribution in [2.45, 2.75) is 44.8 Å². The summed E-state index contributed by atoms with van der Waals surface area (Å²) in [5.41, 5.74) is 2.05. The summed E-state index contributed by atoms with van der Waals surface area (Å²) in [6.07, 6.45) is 3.70. The fourth-order valence-corrected chi connectivity index (χ4v) is 4.28. The Morgan fingerprint density at radius 3 is 2.54 bits per heavy atom. The number of benzene rings is 1. The van der Waals surface area contributed by atoms with Crippen LogP contribution in [0.25, 0.3) is 0 Å². The first-order chi connectivity index (χ1) is 12.6. The Kier molecular flexibility index (Phi) is 4.85. The van der Waals surface area contributed by atoms with Crippen LogP contribution in [-0.4, -0.2) is 60.1 Å². The SMILES string of the molecule is CCc1ccc(NC(=O)N2C[C@@H]3C[C@@H](C(=O)N4CCCC4)[C@H](C2)O3)cc1.